The topological polar surface area (TPSA) is 94.8 Å². The first-order chi connectivity index (χ1) is 12.0. The highest BCUT2D eigenvalue weighted by Gasteiger charge is 2.32. The normalized spacial score (nSPS) is 21.5. The van der Waals surface area contributed by atoms with Crippen molar-refractivity contribution in [2.24, 2.45) is 17.3 Å². The summed E-state index contributed by atoms with van der Waals surface area (Å²) in [5.41, 5.74) is -1.20. The van der Waals surface area contributed by atoms with Crippen LogP contribution in [0.1, 0.15) is 97.8 Å². The second-order valence-electron chi connectivity index (χ2n) is 9.40. The molecule has 5 nitrogen and oxygen atoms in total. The number of hydrogen-bond acceptors (Lipinski definition) is 3. The van der Waals surface area contributed by atoms with Gasteiger partial charge in [0.2, 0.25) is 0 Å². The Morgan fingerprint density at radius 3 is 1.81 bits per heavy atom. The number of unbranched alkanes of at least 4 members (excludes halogenated alkanes) is 3. The van der Waals surface area contributed by atoms with Gasteiger partial charge in [0.05, 0.1) is 18.4 Å². The van der Waals surface area contributed by atoms with Gasteiger partial charge in [0.1, 0.15) is 0 Å². The van der Waals surface area contributed by atoms with E-state index in [9.17, 15) is 14.7 Å². The summed E-state index contributed by atoms with van der Waals surface area (Å²) < 4.78 is 0. The van der Waals surface area contributed by atoms with E-state index in [2.05, 4.69) is 20.8 Å². The average Bonchev–Trinajstić information content (AvgIpc) is 2.48. The molecule has 0 unspecified atom stereocenters. The zero-order valence-corrected chi connectivity index (χ0v) is 16.8. The number of hydrogen-bond donors (Lipinski definition) is 3. The number of rotatable bonds is 11. The Bertz CT molecular complexity index is 428. The zero-order chi connectivity index (χ0) is 19.8. The Kier molecular flexibility index (Phi) is 9.08. The van der Waals surface area contributed by atoms with Crippen LogP contribution >= 0.6 is 0 Å². The van der Waals surface area contributed by atoms with Crippen LogP contribution in [0.3, 0.4) is 0 Å². The number of carbonyl (C=O) groups is 2. The van der Waals surface area contributed by atoms with Crippen molar-refractivity contribution < 1.29 is 24.9 Å². The van der Waals surface area contributed by atoms with E-state index in [0.29, 0.717) is 11.8 Å². The Balaban J connectivity index is 2.18. The largest absolute Gasteiger partial charge is 0.481 e. The van der Waals surface area contributed by atoms with Crippen LogP contribution in [0.25, 0.3) is 0 Å². The molecule has 0 aliphatic heterocycles. The van der Waals surface area contributed by atoms with Gasteiger partial charge in [-0.05, 0) is 36.5 Å². The Morgan fingerprint density at radius 1 is 0.846 bits per heavy atom. The van der Waals surface area contributed by atoms with Gasteiger partial charge in [-0.15, -0.1) is 0 Å². The highest BCUT2D eigenvalue weighted by molar-refractivity contribution is 5.72. The molecule has 26 heavy (non-hydrogen) atoms. The molecule has 0 bridgehead atoms. The van der Waals surface area contributed by atoms with Crippen LogP contribution in [0, 0.1) is 17.3 Å². The van der Waals surface area contributed by atoms with Crippen LogP contribution in [-0.2, 0) is 9.59 Å². The van der Waals surface area contributed by atoms with E-state index in [4.69, 9.17) is 10.2 Å². The van der Waals surface area contributed by atoms with E-state index < -0.39 is 30.4 Å². The molecule has 0 amide bonds. The lowest BCUT2D eigenvalue weighted by Crippen LogP contribution is -2.34. The van der Waals surface area contributed by atoms with Gasteiger partial charge in [-0.25, -0.2) is 0 Å². The highest BCUT2D eigenvalue weighted by atomic mass is 16.4. The molecule has 1 rings (SSSR count). The van der Waals surface area contributed by atoms with Crippen molar-refractivity contribution in [3.05, 3.63) is 0 Å². The van der Waals surface area contributed by atoms with Crippen molar-refractivity contribution in [2.75, 3.05) is 0 Å². The van der Waals surface area contributed by atoms with Crippen LogP contribution < -0.4 is 0 Å². The van der Waals surface area contributed by atoms with Crippen molar-refractivity contribution in [1.29, 1.82) is 0 Å². The molecule has 0 aromatic carbocycles. The molecule has 1 fully saturated rings. The van der Waals surface area contributed by atoms with Gasteiger partial charge in [-0.2, -0.15) is 0 Å². The van der Waals surface area contributed by atoms with Crippen molar-refractivity contribution in [3.63, 3.8) is 0 Å². The van der Waals surface area contributed by atoms with Gasteiger partial charge in [0.25, 0.3) is 0 Å². The summed E-state index contributed by atoms with van der Waals surface area (Å²) in [7, 11) is 0. The quantitative estimate of drug-likeness (QED) is 0.451. The summed E-state index contributed by atoms with van der Waals surface area (Å²) in [4.78, 5) is 21.7. The smallest absolute Gasteiger partial charge is 0.306 e. The third-order valence-corrected chi connectivity index (χ3v) is 6.04. The first-order valence-electron chi connectivity index (χ1n) is 10.2. The van der Waals surface area contributed by atoms with E-state index in [1.165, 1.54) is 38.5 Å². The summed E-state index contributed by atoms with van der Waals surface area (Å²) in [6.07, 6.45) is 9.65. The van der Waals surface area contributed by atoms with Gasteiger partial charge in [0.15, 0.2) is 0 Å². The molecule has 0 aromatic heterocycles. The number of carboxylic acid groups (broad SMARTS) is 2. The van der Waals surface area contributed by atoms with Crippen LogP contribution in [0.2, 0.25) is 0 Å². The van der Waals surface area contributed by atoms with Gasteiger partial charge >= 0.3 is 11.9 Å². The van der Waals surface area contributed by atoms with Crippen LogP contribution in [0.4, 0.5) is 0 Å². The molecule has 0 saturated heterocycles. The van der Waals surface area contributed by atoms with E-state index in [0.717, 1.165) is 24.7 Å². The average molecular weight is 371 g/mol. The third kappa shape index (κ3) is 9.02. The molecule has 0 spiro atoms. The van der Waals surface area contributed by atoms with Gasteiger partial charge in [-0.1, -0.05) is 65.7 Å². The molecule has 0 atom stereocenters. The molecule has 152 valence electrons. The second kappa shape index (κ2) is 10.3. The summed E-state index contributed by atoms with van der Waals surface area (Å²) >= 11 is 0. The Morgan fingerprint density at radius 2 is 1.35 bits per heavy atom. The first-order valence-corrected chi connectivity index (χ1v) is 10.2. The molecular weight excluding hydrogens is 332 g/mol. The van der Waals surface area contributed by atoms with Crippen LogP contribution in [0.15, 0.2) is 0 Å². The lowest BCUT2D eigenvalue weighted by atomic mass is 9.69. The number of carboxylic acids is 2. The number of aliphatic carboxylic acids is 2. The minimum absolute atomic E-state index is 0.238. The highest BCUT2D eigenvalue weighted by Crippen LogP contribution is 2.41. The van der Waals surface area contributed by atoms with Gasteiger partial charge in [-0.3, -0.25) is 9.59 Å². The monoisotopic (exact) mass is 370 g/mol. The van der Waals surface area contributed by atoms with Gasteiger partial charge in [0, 0.05) is 0 Å². The third-order valence-electron chi connectivity index (χ3n) is 6.04. The lowest BCUT2D eigenvalue weighted by molar-refractivity contribution is -0.149. The maximum absolute atomic E-state index is 10.8. The predicted molar refractivity (Wildman–Crippen MR) is 102 cm³/mol. The minimum atomic E-state index is -1.62. The fourth-order valence-corrected chi connectivity index (χ4v) is 4.36. The molecule has 5 heteroatoms. The summed E-state index contributed by atoms with van der Waals surface area (Å²) in [5, 5.41) is 28.0. The minimum Gasteiger partial charge on any atom is -0.481 e. The number of aliphatic hydroxyl groups is 1. The Hall–Kier alpha value is -1.10. The summed E-state index contributed by atoms with van der Waals surface area (Å²) in [6.45, 7) is 7.02. The predicted octanol–water partition coefficient (Wildman–Crippen LogP) is 4.86. The van der Waals surface area contributed by atoms with Crippen molar-refractivity contribution in [2.45, 2.75) is 103 Å². The zero-order valence-electron chi connectivity index (χ0n) is 16.8. The molecule has 0 aromatic rings. The lowest BCUT2D eigenvalue weighted by Gasteiger charge is -2.37. The molecule has 0 radical (unpaired) electrons. The van der Waals surface area contributed by atoms with Crippen molar-refractivity contribution in [3.8, 4) is 0 Å². The Labute approximate surface area is 158 Å². The van der Waals surface area contributed by atoms with Crippen molar-refractivity contribution >= 4 is 11.9 Å². The fraction of sp³-hybridized carbons (Fsp3) is 0.905. The van der Waals surface area contributed by atoms with Crippen molar-refractivity contribution in [1.82, 2.24) is 0 Å². The maximum Gasteiger partial charge on any atom is 0.306 e. The summed E-state index contributed by atoms with van der Waals surface area (Å²) in [5.74, 6) is -0.622. The van der Waals surface area contributed by atoms with E-state index in [-0.39, 0.29) is 6.42 Å². The standard InChI is InChI=1S/C21H38O5/c1-20(2,3)17-11-9-16(10-12-17)8-6-4-5-7-13-21(26,14-18(22)23)15-19(24)25/h16-17,26H,4-15H2,1-3H3,(H,22,23)(H,24,25). The van der Waals surface area contributed by atoms with E-state index in [1.54, 1.807) is 0 Å². The maximum atomic E-state index is 10.8. The molecule has 1 aliphatic carbocycles. The second-order valence-corrected chi connectivity index (χ2v) is 9.40. The van der Waals surface area contributed by atoms with E-state index >= 15 is 0 Å². The molecular formula is C21H38O5. The first kappa shape index (κ1) is 22.9. The fourth-order valence-electron chi connectivity index (χ4n) is 4.36. The van der Waals surface area contributed by atoms with E-state index in [1.807, 2.05) is 0 Å². The molecule has 1 aliphatic rings. The molecule has 0 heterocycles. The SMILES string of the molecule is CC(C)(C)C1CCC(CCCCCCC(O)(CC(=O)O)CC(=O)O)CC1. The van der Waals surface area contributed by atoms with Crippen LogP contribution in [-0.4, -0.2) is 32.9 Å². The molecule has 3 N–H and O–H groups in total. The van der Waals surface area contributed by atoms with Gasteiger partial charge < -0.3 is 15.3 Å². The van der Waals surface area contributed by atoms with Crippen LogP contribution in [0.5, 0.6) is 0 Å². The summed E-state index contributed by atoms with van der Waals surface area (Å²) in [6, 6.07) is 0. The molecule has 1 saturated carbocycles.